The normalized spacial score (nSPS) is 20.6. The molecule has 0 saturated carbocycles. The van der Waals surface area contributed by atoms with Crippen LogP contribution in [0.15, 0.2) is 48.6 Å². The third-order valence-corrected chi connectivity index (χ3v) is 20.3. The molecule has 0 amide bonds. The van der Waals surface area contributed by atoms with Gasteiger partial charge < -0.3 is 78.2 Å². The van der Waals surface area contributed by atoms with E-state index in [0.29, 0.717) is 18.6 Å². The molecule has 0 radical (unpaired) electrons. The van der Waals surface area contributed by atoms with Gasteiger partial charge in [0.2, 0.25) is 0 Å². The number of carboxylic acids is 3. The highest BCUT2D eigenvalue weighted by atomic mass is 32.1. The van der Waals surface area contributed by atoms with Crippen LogP contribution in [0.4, 0.5) is 0 Å². The van der Waals surface area contributed by atoms with Gasteiger partial charge in [0, 0.05) is 82.5 Å². The van der Waals surface area contributed by atoms with Crippen molar-refractivity contribution in [2.45, 2.75) is 292 Å². The molecule has 0 bridgehead atoms. The third kappa shape index (κ3) is 34.4. The molecule has 5 N–H and O–H groups in total. The molecule has 119 heavy (non-hydrogen) atoms. The van der Waals surface area contributed by atoms with Gasteiger partial charge in [-0.15, -0.1) is 0 Å². The molecule has 32 heteroatoms. The van der Waals surface area contributed by atoms with E-state index in [1.54, 1.807) is 69.6 Å². The summed E-state index contributed by atoms with van der Waals surface area (Å²) in [5.74, 6) is -5.09. The number of ketones is 3. The van der Waals surface area contributed by atoms with E-state index in [-0.39, 0.29) is 187 Å². The molecule has 672 valence electrons. The lowest BCUT2D eigenvalue weighted by Gasteiger charge is -2.36. The Morgan fingerprint density at radius 2 is 0.832 bits per heavy atom. The Bertz CT molecular complexity index is 3850. The molecule has 2 aromatic rings. The summed E-state index contributed by atoms with van der Waals surface area (Å²) in [7, 11) is 7.53. The highest BCUT2D eigenvalue weighted by Gasteiger charge is 2.55. The zero-order valence-corrected chi connectivity index (χ0v) is 76.7. The standard InChI is InChI=1S/C31H43NO7.C27H35NO7.C14H24O5.C9H19NO2.C4H4O3.C2H4O2.3H2S/c1-19(2)23(29(35)39-30(3,4)5)16-21(33)9-11-26(34)37-22-12-13-31-14-15-32(6)18-20-8-10-24(36-7)28(27(20)31)38-25(31)17-22;1-16(2)20(26(31)32)13-18(29)6-8-23(30)34-19-9-10-27-11-12-28(3)15-17-5-7-21(33-4)25(24(17)27)35-22(27)14-19;1-9(2)11(13(18)19-14(3,4)5)8-10(15)6-7-12(16)17;1-6(2)7(10)8(11)12-9(3,4)5;5-3-1-2-4(6)7-3;1-2(3)4;;;/h8,10,12-13,19,22-23,25H,9,11,14-18H2,1-7H3;5,7,9-10,16,19-20,22H,6,8,11-15H2,1-4H3,(H,31,32);9,11H,6-8H2,1-5H3,(H,16,17);6-7H,10H2,1-5H3;1-2H2;1H3,(H,3,4);3*1H2/t22-,23-,25-,31-;19-,20-,22-,27-;11-;;;;;;/m000....../s1. The van der Waals surface area contributed by atoms with E-state index < -0.39 is 101 Å². The Kier molecular flexibility index (Phi) is 44.5. The van der Waals surface area contributed by atoms with E-state index in [1.165, 1.54) is 22.3 Å². The van der Waals surface area contributed by atoms with Crippen molar-refractivity contribution in [2.75, 3.05) is 41.4 Å². The van der Waals surface area contributed by atoms with Gasteiger partial charge in [0.15, 0.2) is 23.0 Å². The van der Waals surface area contributed by atoms with Crippen molar-refractivity contribution < 1.29 is 125 Å². The first-order chi connectivity index (χ1) is 53.7. The first kappa shape index (κ1) is 109. The fourth-order valence-electron chi connectivity index (χ4n) is 14.2. The van der Waals surface area contributed by atoms with E-state index in [9.17, 15) is 62.6 Å². The number of cyclic esters (lactones) is 2. The van der Waals surface area contributed by atoms with Crippen LogP contribution in [0.2, 0.25) is 0 Å². The Morgan fingerprint density at radius 3 is 1.12 bits per heavy atom. The molecule has 0 aromatic heterocycles. The Morgan fingerprint density at radius 1 is 0.504 bits per heavy atom. The van der Waals surface area contributed by atoms with Gasteiger partial charge in [0.1, 0.15) is 64.6 Å². The quantitative estimate of drug-likeness (QED) is 0.0279. The lowest BCUT2D eigenvalue weighted by molar-refractivity contribution is -0.163. The molecule has 2 spiro atoms. The second-order valence-corrected chi connectivity index (χ2v) is 35.0. The maximum atomic E-state index is 12.7. The maximum Gasteiger partial charge on any atom is 0.323 e. The van der Waals surface area contributed by atoms with Crippen molar-refractivity contribution in [3.05, 3.63) is 70.8 Å². The molecule has 5 heterocycles. The van der Waals surface area contributed by atoms with Crippen LogP contribution in [0, 0.1) is 41.4 Å². The number of Topliss-reactive ketones (excluding diaryl/α,β-unsaturated/α-hetero) is 3. The number of carbonyl (C=O) groups is 13. The van der Waals surface area contributed by atoms with E-state index in [0.717, 1.165) is 63.2 Å². The molecular weight excluding hydrogens is 1600 g/mol. The minimum absolute atomic E-state index is 0. The average Bonchev–Trinajstić information content (AvgIpc) is 1.57. The molecule has 9 rings (SSSR count). The molecule has 10 atom stereocenters. The highest BCUT2D eigenvalue weighted by molar-refractivity contribution is 7.59. The zero-order chi connectivity index (χ0) is 87.9. The van der Waals surface area contributed by atoms with Crippen molar-refractivity contribution in [1.82, 2.24) is 9.80 Å². The fourth-order valence-corrected chi connectivity index (χ4v) is 14.2. The van der Waals surface area contributed by atoms with Crippen LogP contribution < -0.4 is 24.7 Å². The number of nitrogens with zero attached hydrogens (tertiary/aromatic N) is 2. The van der Waals surface area contributed by atoms with Crippen molar-refractivity contribution >= 4 is 118 Å². The molecule has 7 aliphatic rings. The maximum absolute atomic E-state index is 12.7. The van der Waals surface area contributed by atoms with Crippen molar-refractivity contribution in [2.24, 2.45) is 47.2 Å². The molecule has 1 unspecified atom stereocenters. The summed E-state index contributed by atoms with van der Waals surface area (Å²) in [5.41, 5.74) is 8.20. The number of rotatable bonds is 27. The Hall–Kier alpha value is -8.04. The van der Waals surface area contributed by atoms with E-state index in [1.807, 2.05) is 86.6 Å². The first-order valence-corrected chi connectivity index (χ1v) is 40.0. The van der Waals surface area contributed by atoms with Crippen molar-refractivity contribution in [3.8, 4) is 23.0 Å². The van der Waals surface area contributed by atoms with Crippen LogP contribution in [0.1, 0.15) is 243 Å². The monoisotopic (exact) mass is 1730 g/mol. The van der Waals surface area contributed by atoms with Gasteiger partial charge in [0.05, 0.1) is 74.9 Å². The number of hydrogen-bond donors (Lipinski definition) is 4. The summed E-state index contributed by atoms with van der Waals surface area (Å²) in [5, 5.41) is 25.2. The van der Waals surface area contributed by atoms with Gasteiger partial charge in [-0.3, -0.25) is 62.3 Å². The number of carbonyl (C=O) groups excluding carboxylic acids is 10. The second kappa shape index (κ2) is 48.6. The van der Waals surface area contributed by atoms with E-state index in [2.05, 4.69) is 52.9 Å². The number of aliphatic carboxylic acids is 3. The summed E-state index contributed by atoms with van der Waals surface area (Å²) < 4.78 is 55.5. The smallest absolute Gasteiger partial charge is 0.323 e. The minimum atomic E-state index is -1.01. The van der Waals surface area contributed by atoms with Crippen LogP contribution >= 0.6 is 40.5 Å². The third-order valence-electron chi connectivity index (χ3n) is 20.3. The van der Waals surface area contributed by atoms with Crippen LogP contribution in [0.3, 0.4) is 0 Å². The van der Waals surface area contributed by atoms with Crippen molar-refractivity contribution in [3.63, 3.8) is 0 Å². The molecule has 29 nitrogen and oxygen atoms in total. The van der Waals surface area contributed by atoms with Gasteiger partial charge >= 0.3 is 53.7 Å². The van der Waals surface area contributed by atoms with Crippen LogP contribution in [0.5, 0.6) is 23.0 Å². The van der Waals surface area contributed by atoms with Gasteiger partial charge in [-0.2, -0.15) is 40.5 Å². The number of esters is 7. The van der Waals surface area contributed by atoms with Crippen LogP contribution in [-0.4, -0.2) is 191 Å². The number of nitrogens with two attached hydrogens (primary N) is 1. The molecule has 1 saturated heterocycles. The highest BCUT2D eigenvalue weighted by Crippen LogP contribution is 2.58. The average molecular weight is 1740 g/mol. The summed E-state index contributed by atoms with van der Waals surface area (Å²) in [4.78, 5) is 153. The number of benzene rings is 2. The van der Waals surface area contributed by atoms with E-state index >= 15 is 0 Å². The fraction of sp³-hybridized carbons (Fsp3) is 0.667. The van der Waals surface area contributed by atoms with Gasteiger partial charge in [-0.25, -0.2) is 0 Å². The van der Waals surface area contributed by atoms with Gasteiger partial charge in [-0.1, -0.05) is 79.7 Å². The predicted octanol–water partition coefficient (Wildman–Crippen LogP) is 12.3. The summed E-state index contributed by atoms with van der Waals surface area (Å²) in [6, 6.07) is 7.63. The molecule has 5 aliphatic heterocycles. The number of carboxylic acid groups (broad SMARTS) is 3. The lowest BCUT2D eigenvalue weighted by atomic mass is 9.69. The molecule has 1 fully saturated rings. The van der Waals surface area contributed by atoms with Gasteiger partial charge in [-0.05, 0) is 161 Å². The predicted molar refractivity (Wildman–Crippen MR) is 459 cm³/mol. The van der Waals surface area contributed by atoms with Crippen LogP contribution in [0.25, 0.3) is 0 Å². The number of ether oxygens (including phenoxy) is 10. The lowest BCUT2D eigenvalue weighted by Crippen LogP contribution is -2.43. The number of hydrogen-bond acceptors (Lipinski definition) is 26. The van der Waals surface area contributed by atoms with E-state index in [4.69, 9.17) is 63.4 Å². The Balaban J connectivity index is 0.000000803. The molecular formula is C87H135N3O26S3. The van der Waals surface area contributed by atoms with Gasteiger partial charge in [0.25, 0.3) is 5.97 Å². The first-order valence-electron chi connectivity index (χ1n) is 40.0. The SMILES string of the molecule is CC(=O)O.CC(C)C(N)C(=O)OC(C)(C)C.CC(C)[C@H](CC(=O)CCC(=O)O)C(=O)OC(C)(C)C.COc1ccc2c3c1O[C@H]1C[C@@H](OC(=O)CCC(=O)C[C@H](C(=O)O)C(C)C)C=C[C@@]31CCN(C)C2.COc1ccc2c3c1O[C@H]1C[C@@H](OC(=O)CCC(=O)C[C@H](C(=O)OC(C)(C)C)C(C)C)C=C[C@@]31CCN(C)C2.O=C1CCC(=O)O1.S.S.S. The largest absolute Gasteiger partial charge is 0.493 e. The topological polar surface area (TPSA) is 407 Å². The summed E-state index contributed by atoms with van der Waals surface area (Å²) in [6.07, 6.45) is 10.1. The second-order valence-electron chi connectivity index (χ2n) is 35.0. The summed E-state index contributed by atoms with van der Waals surface area (Å²) >= 11 is 0. The molecule has 2 aliphatic carbocycles. The molecule has 2 aromatic carbocycles. The Labute approximate surface area is 723 Å². The van der Waals surface area contributed by atoms with Crippen molar-refractivity contribution in [1.29, 1.82) is 0 Å². The minimum Gasteiger partial charge on any atom is -0.493 e. The number of methoxy groups -OCH3 is 2. The summed E-state index contributed by atoms with van der Waals surface area (Å²) in [6.45, 7) is 35.7. The van der Waals surface area contributed by atoms with Crippen LogP contribution in [-0.2, 0) is 115 Å². The zero-order valence-electron chi connectivity index (χ0n) is 73.7.